The maximum atomic E-state index is 12.4. The summed E-state index contributed by atoms with van der Waals surface area (Å²) in [6, 6.07) is 23.7. The van der Waals surface area contributed by atoms with E-state index in [1.54, 1.807) is 6.07 Å². The smallest absolute Gasteiger partial charge is 0.339 e. The Morgan fingerprint density at radius 2 is 1.10 bits per heavy atom. The number of aryl methyl sites for hydroxylation is 1. The first-order valence-electron chi connectivity index (χ1n) is 15.7. The lowest BCUT2D eigenvalue weighted by atomic mass is 9.99. The average molecular weight is 573 g/mol. The summed E-state index contributed by atoms with van der Waals surface area (Å²) in [6.45, 7) is 4.74. The Labute approximate surface area is 252 Å². The fourth-order valence-corrected chi connectivity index (χ4v) is 4.68. The first kappa shape index (κ1) is 34.5. The van der Waals surface area contributed by atoms with E-state index >= 15 is 0 Å². The molecule has 0 spiro atoms. The molecule has 0 aliphatic heterocycles. The molecule has 42 heavy (non-hydrogen) atoms. The molecule has 0 aliphatic carbocycles. The van der Waals surface area contributed by atoms with Gasteiger partial charge in [-0.1, -0.05) is 145 Å². The van der Waals surface area contributed by atoms with E-state index in [0.29, 0.717) is 6.61 Å². The highest BCUT2D eigenvalue weighted by molar-refractivity contribution is 6.08. The van der Waals surface area contributed by atoms with Gasteiger partial charge in [-0.2, -0.15) is 0 Å². The van der Waals surface area contributed by atoms with Crippen LogP contribution in [0.4, 0.5) is 0 Å². The van der Waals surface area contributed by atoms with Gasteiger partial charge in [-0.3, -0.25) is 4.79 Å². The van der Waals surface area contributed by atoms with E-state index in [4.69, 9.17) is 4.74 Å². The summed E-state index contributed by atoms with van der Waals surface area (Å²) >= 11 is 0. The molecule has 0 saturated heterocycles. The summed E-state index contributed by atoms with van der Waals surface area (Å²) in [5, 5.41) is 9.39. The van der Waals surface area contributed by atoms with E-state index < -0.39 is 11.9 Å². The first-order chi connectivity index (χ1) is 20.5. The van der Waals surface area contributed by atoms with Gasteiger partial charge in [-0.15, -0.1) is 0 Å². The highest BCUT2D eigenvalue weighted by atomic mass is 16.5. The van der Waals surface area contributed by atoms with Crippen LogP contribution in [-0.2, 0) is 11.2 Å². The van der Waals surface area contributed by atoms with Gasteiger partial charge >= 0.3 is 11.9 Å². The number of carbonyl (C=O) groups excluding carboxylic acids is 2. The molecule has 5 nitrogen and oxygen atoms in total. The second-order valence-electron chi connectivity index (χ2n) is 10.7. The SMILES string of the molecule is CCCCCCCCOC(=O)c1cc(CCCCCCCC)ccc1C(=O)O.O=C(c1ccccc1)c1ccccc1. The number of esters is 1. The number of rotatable bonds is 18. The number of aromatic carboxylic acids is 1. The molecule has 0 unspecified atom stereocenters. The molecule has 0 radical (unpaired) electrons. The Balaban J connectivity index is 0.000000363. The van der Waals surface area contributed by atoms with Crippen LogP contribution in [0, 0.1) is 0 Å². The van der Waals surface area contributed by atoms with Crippen molar-refractivity contribution in [1.29, 1.82) is 0 Å². The molecule has 1 N–H and O–H groups in total. The predicted molar refractivity (Wildman–Crippen MR) is 170 cm³/mol. The van der Waals surface area contributed by atoms with Crippen LogP contribution in [0.5, 0.6) is 0 Å². The highest BCUT2D eigenvalue weighted by Crippen LogP contribution is 2.17. The number of ether oxygens (including phenoxy) is 1. The maximum absolute atomic E-state index is 12.4. The molecule has 0 heterocycles. The van der Waals surface area contributed by atoms with Crippen molar-refractivity contribution in [2.75, 3.05) is 6.61 Å². The fourth-order valence-electron chi connectivity index (χ4n) is 4.68. The second kappa shape index (κ2) is 21.0. The number of benzene rings is 3. The van der Waals surface area contributed by atoms with Crippen molar-refractivity contribution in [3.05, 3.63) is 107 Å². The zero-order valence-electron chi connectivity index (χ0n) is 25.5. The van der Waals surface area contributed by atoms with Gasteiger partial charge in [0, 0.05) is 11.1 Å². The number of ketones is 1. The lowest BCUT2D eigenvalue weighted by Gasteiger charge is -2.10. The third kappa shape index (κ3) is 13.3. The summed E-state index contributed by atoms with van der Waals surface area (Å²) in [5.74, 6) is -1.53. The van der Waals surface area contributed by atoms with E-state index in [2.05, 4.69) is 13.8 Å². The van der Waals surface area contributed by atoms with Crippen molar-refractivity contribution in [3.63, 3.8) is 0 Å². The van der Waals surface area contributed by atoms with E-state index in [0.717, 1.165) is 48.8 Å². The highest BCUT2D eigenvalue weighted by Gasteiger charge is 2.18. The van der Waals surface area contributed by atoms with Gasteiger partial charge in [0.05, 0.1) is 17.7 Å². The molecule has 0 aliphatic rings. The monoisotopic (exact) mass is 572 g/mol. The summed E-state index contributed by atoms with van der Waals surface area (Å²) in [6.07, 6.45) is 14.8. The van der Waals surface area contributed by atoms with Crippen LogP contribution in [0.1, 0.15) is 133 Å². The quantitative estimate of drug-likeness (QED) is 0.0932. The van der Waals surface area contributed by atoms with Gasteiger partial charge in [0.25, 0.3) is 0 Å². The zero-order chi connectivity index (χ0) is 30.4. The molecular formula is C37H48O5. The Hall–Kier alpha value is -3.73. The largest absolute Gasteiger partial charge is 0.478 e. The van der Waals surface area contributed by atoms with Crippen molar-refractivity contribution in [2.24, 2.45) is 0 Å². The number of unbranched alkanes of at least 4 members (excludes halogenated alkanes) is 10. The Kier molecular flexibility index (Phi) is 17.3. The van der Waals surface area contributed by atoms with Crippen LogP contribution in [-0.4, -0.2) is 29.4 Å². The lowest BCUT2D eigenvalue weighted by Crippen LogP contribution is -2.13. The molecule has 3 aromatic carbocycles. The minimum absolute atomic E-state index is 0.0274. The molecule has 0 aromatic heterocycles. The summed E-state index contributed by atoms with van der Waals surface area (Å²) in [4.78, 5) is 35.7. The van der Waals surface area contributed by atoms with Crippen LogP contribution >= 0.6 is 0 Å². The zero-order valence-corrected chi connectivity index (χ0v) is 25.5. The molecule has 3 rings (SSSR count). The molecule has 0 bridgehead atoms. The van der Waals surface area contributed by atoms with E-state index in [-0.39, 0.29) is 16.9 Å². The molecule has 226 valence electrons. The minimum Gasteiger partial charge on any atom is -0.478 e. The normalized spacial score (nSPS) is 10.4. The topological polar surface area (TPSA) is 80.7 Å². The van der Waals surface area contributed by atoms with Gasteiger partial charge in [-0.05, 0) is 37.0 Å². The Bertz CT molecular complexity index is 1150. The van der Waals surface area contributed by atoms with Crippen LogP contribution in [0.25, 0.3) is 0 Å². The van der Waals surface area contributed by atoms with Crippen LogP contribution in [0.3, 0.4) is 0 Å². The molecule has 0 atom stereocenters. The number of carboxylic acid groups (broad SMARTS) is 1. The number of carbonyl (C=O) groups is 3. The summed E-state index contributed by atoms with van der Waals surface area (Å²) < 4.78 is 5.35. The first-order valence-corrected chi connectivity index (χ1v) is 15.7. The standard InChI is InChI=1S/C24H38O4.C13H10O/c1-3-5-7-9-11-13-15-20-16-17-21(23(25)26)22(19-20)24(27)28-18-14-12-10-8-6-4-2;14-13(11-7-3-1-4-8-11)12-9-5-2-6-10-12/h16-17,19H,3-15,18H2,1-2H3,(H,25,26);1-10H. The Morgan fingerprint density at radius 3 is 1.62 bits per heavy atom. The molecular weight excluding hydrogens is 524 g/mol. The molecule has 3 aromatic rings. The van der Waals surface area contributed by atoms with Crippen molar-refractivity contribution < 1.29 is 24.2 Å². The maximum Gasteiger partial charge on any atom is 0.339 e. The van der Waals surface area contributed by atoms with E-state index in [9.17, 15) is 19.5 Å². The van der Waals surface area contributed by atoms with E-state index in [1.165, 1.54) is 57.4 Å². The van der Waals surface area contributed by atoms with Crippen LogP contribution in [0.15, 0.2) is 78.9 Å². The van der Waals surface area contributed by atoms with Crippen molar-refractivity contribution in [1.82, 2.24) is 0 Å². The van der Waals surface area contributed by atoms with Crippen molar-refractivity contribution in [3.8, 4) is 0 Å². The average Bonchev–Trinajstić information content (AvgIpc) is 3.02. The third-order valence-corrected chi connectivity index (χ3v) is 7.16. The van der Waals surface area contributed by atoms with Gasteiger partial charge < -0.3 is 9.84 Å². The van der Waals surface area contributed by atoms with Crippen molar-refractivity contribution >= 4 is 17.7 Å². The lowest BCUT2D eigenvalue weighted by molar-refractivity contribution is 0.0487. The molecule has 0 saturated carbocycles. The fraction of sp³-hybridized carbons (Fsp3) is 0.432. The van der Waals surface area contributed by atoms with Gasteiger partial charge in [0.1, 0.15) is 0 Å². The second-order valence-corrected chi connectivity index (χ2v) is 10.7. The van der Waals surface area contributed by atoms with Crippen molar-refractivity contribution in [2.45, 2.75) is 97.3 Å². The molecule has 0 fully saturated rings. The minimum atomic E-state index is -1.09. The number of hydrogen-bond acceptors (Lipinski definition) is 4. The van der Waals surface area contributed by atoms with Crippen LogP contribution in [0.2, 0.25) is 0 Å². The summed E-state index contributed by atoms with van der Waals surface area (Å²) in [5.41, 5.74) is 2.69. The van der Waals surface area contributed by atoms with Gasteiger partial charge in [0.2, 0.25) is 0 Å². The molecule has 5 heteroatoms. The van der Waals surface area contributed by atoms with Gasteiger partial charge in [-0.25, -0.2) is 9.59 Å². The van der Waals surface area contributed by atoms with E-state index in [1.807, 2.05) is 66.7 Å². The van der Waals surface area contributed by atoms with Gasteiger partial charge in [0.15, 0.2) is 5.78 Å². The molecule has 0 amide bonds. The third-order valence-electron chi connectivity index (χ3n) is 7.16. The van der Waals surface area contributed by atoms with Crippen LogP contribution < -0.4 is 0 Å². The Morgan fingerprint density at radius 1 is 0.595 bits per heavy atom. The predicted octanol–water partition coefficient (Wildman–Crippen LogP) is 9.72. The number of carboxylic acids is 1. The number of hydrogen-bond donors (Lipinski definition) is 1. The summed E-state index contributed by atoms with van der Waals surface area (Å²) in [7, 11) is 0.